The van der Waals surface area contributed by atoms with Crippen LogP contribution < -0.4 is 0 Å². The van der Waals surface area contributed by atoms with Crippen LogP contribution in [0.2, 0.25) is 0 Å². The van der Waals surface area contributed by atoms with Crippen molar-refractivity contribution in [1.29, 1.82) is 0 Å². The summed E-state index contributed by atoms with van der Waals surface area (Å²) in [6.07, 6.45) is 0.715. The minimum atomic E-state index is -3.67. The van der Waals surface area contributed by atoms with Gasteiger partial charge in [0.25, 0.3) is 10.1 Å². The summed E-state index contributed by atoms with van der Waals surface area (Å²) in [4.78, 5) is 0. The summed E-state index contributed by atoms with van der Waals surface area (Å²) in [5.74, 6) is 0. The van der Waals surface area contributed by atoms with E-state index in [1.807, 2.05) is 36.4 Å². The van der Waals surface area contributed by atoms with Gasteiger partial charge in [0, 0.05) is 0 Å². The third-order valence-corrected chi connectivity index (χ3v) is 0.667. The minimum absolute atomic E-state index is 0. The molecule has 1 aromatic carbocycles. The average molecular weight is 214 g/mol. The predicted molar refractivity (Wildman–Crippen MR) is 51.1 cm³/mol. The molecule has 1 aromatic rings. The summed E-state index contributed by atoms with van der Waals surface area (Å²) in [6.45, 7) is 0. The van der Waals surface area contributed by atoms with Crippen LogP contribution >= 0.6 is 0 Å². The third kappa shape index (κ3) is 22.4. The SMILES string of the molecule is CS(=O)(=O)O.[KH].c1ccccc1. The van der Waals surface area contributed by atoms with E-state index < -0.39 is 10.1 Å². The molecule has 0 saturated heterocycles. The van der Waals surface area contributed by atoms with Gasteiger partial charge in [0.1, 0.15) is 0 Å². The van der Waals surface area contributed by atoms with Gasteiger partial charge in [-0.1, -0.05) is 36.4 Å². The van der Waals surface area contributed by atoms with Crippen molar-refractivity contribution < 1.29 is 13.0 Å². The van der Waals surface area contributed by atoms with Gasteiger partial charge in [-0.15, -0.1) is 0 Å². The molecule has 1 rings (SSSR count). The van der Waals surface area contributed by atoms with Crippen LogP contribution in [0.1, 0.15) is 0 Å². The van der Waals surface area contributed by atoms with Crippen molar-refractivity contribution in [2.75, 3.05) is 6.26 Å². The second-order valence-corrected chi connectivity index (χ2v) is 3.35. The van der Waals surface area contributed by atoms with Crippen molar-refractivity contribution in [2.45, 2.75) is 0 Å². The van der Waals surface area contributed by atoms with E-state index in [0.29, 0.717) is 6.26 Å². The topological polar surface area (TPSA) is 54.4 Å². The predicted octanol–water partition coefficient (Wildman–Crippen LogP) is 0.542. The zero-order valence-corrected chi connectivity index (χ0v) is 6.95. The van der Waals surface area contributed by atoms with E-state index in [2.05, 4.69) is 0 Å². The van der Waals surface area contributed by atoms with Crippen LogP contribution in [-0.4, -0.2) is 70.6 Å². The van der Waals surface area contributed by atoms with E-state index in [-0.39, 0.29) is 51.4 Å². The van der Waals surface area contributed by atoms with Crippen LogP contribution in [0.3, 0.4) is 0 Å². The normalized spacial score (nSPS) is 8.83. The fraction of sp³-hybridized carbons (Fsp3) is 0.143. The van der Waals surface area contributed by atoms with E-state index in [4.69, 9.17) is 4.55 Å². The van der Waals surface area contributed by atoms with E-state index in [1.54, 1.807) is 0 Å². The molecule has 0 bridgehead atoms. The number of benzene rings is 1. The molecule has 0 aliphatic rings. The molecule has 64 valence electrons. The molecule has 0 aliphatic heterocycles. The van der Waals surface area contributed by atoms with Gasteiger partial charge in [0.2, 0.25) is 0 Å². The Hall–Kier alpha value is 0.766. The van der Waals surface area contributed by atoms with Crippen molar-refractivity contribution in [3.63, 3.8) is 0 Å². The number of hydrogen-bond acceptors (Lipinski definition) is 2. The Morgan fingerprint density at radius 3 is 1.08 bits per heavy atom. The van der Waals surface area contributed by atoms with Crippen molar-refractivity contribution in [3.05, 3.63) is 36.4 Å². The Bertz CT molecular complexity index is 235. The average Bonchev–Trinajstić information content (AvgIpc) is 1.88. The second-order valence-electron chi connectivity index (χ2n) is 1.89. The minimum Gasteiger partial charge on any atom is -0.0623 e. The van der Waals surface area contributed by atoms with Crippen molar-refractivity contribution in [2.24, 2.45) is 0 Å². The molecule has 0 heterocycles. The summed E-state index contributed by atoms with van der Waals surface area (Å²) in [6, 6.07) is 12.0. The molecule has 0 radical (unpaired) electrons. The van der Waals surface area contributed by atoms with Crippen LogP contribution in [0.25, 0.3) is 0 Å². The van der Waals surface area contributed by atoms with Crippen molar-refractivity contribution in [3.8, 4) is 0 Å². The van der Waals surface area contributed by atoms with Crippen LogP contribution in [0.15, 0.2) is 36.4 Å². The quantitative estimate of drug-likeness (QED) is 0.506. The molecule has 0 amide bonds. The first-order valence-electron chi connectivity index (χ1n) is 2.92. The summed E-state index contributed by atoms with van der Waals surface area (Å²) >= 11 is 0. The molecule has 0 atom stereocenters. The first-order valence-corrected chi connectivity index (χ1v) is 4.77. The molecule has 0 saturated carbocycles. The largest absolute Gasteiger partial charge is 0.0623 e. The molecular weight excluding hydrogens is 203 g/mol. The molecule has 3 nitrogen and oxygen atoms in total. The molecule has 5 heteroatoms. The monoisotopic (exact) mass is 214 g/mol. The standard InChI is InChI=1S/C6H6.CH4O3S.K.H/c1-2-4-6-5-3-1;1-5(2,3)4;;/h1-6H;1H3,(H,2,3,4);;. The Kier molecular flexibility index (Phi) is 10.6. The van der Waals surface area contributed by atoms with Gasteiger partial charge < -0.3 is 0 Å². The summed E-state index contributed by atoms with van der Waals surface area (Å²) in [5, 5.41) is 0. The number of rotatable bonds is 0. The fourth-order valence-electron chi connectivity index (χ4n) is 0.385. The van der Waals surface area contributed by atoms with E-state index >= 15 is 0 Å². The maximum Gasteiger partial charge on any atom is -0.0623 e. The van der Waals surface area contributed by atoms with Gasteiger partial charge in [-0.3, -0.25) is 4.55 Å². The Morgan fingerprint density at radius 1 is 0.917 bits per heavy atom. The van der Waals surface area contributed by atoms with Gasteiger partial charge in [-0.25, -0.2) is 0 Å². The molecule has 0 fully saturated rings. The van der Waals surface area contributed by atoms with Crippen molar-refractivity contribution in [1.82, 2.24) is 0 Å². The Balaban J connectivity index is 0. The molecule has 0 aliphatic carbocycles. The van der Waals surface area contributed by atoms with Crippen LogP contribution in [0.5, 0.6) is 0 Å². The third-order valence-electron chi connectivity index (χ3n) is 0.667. The van der Waals surface area contributed by atoms with Gasteiger partial charge in [-0.2, -0.15) is 8.42 Å². The van der Waals surface area contributed by atoms with E-state index in [0.717, 1.165) is 0 Å². The van der Waals surface area contributed by atoms with Crippen LogP contribution in [0, 0.1) is 0 Å². The van der Waals surface area contributed by atoms with Crippen LogP contribution in [-0.2, 0) is 10.1 Å². The first kappa shape index (κ1) is 15.2. The zero-order chi connectivity index (χ0) is 8.74. The van der Waals surface area contributed by atoms with Gasteiger partial charge >= 0.3 is 51.4 Å². The number of hydrogen-bond donors (Lipinski definition) is 1. The van der Waals surface area contributed by atoms with Crippen molar-refractivity contribution >= 4 is 61.5 Å². The fourth-order valence-corrected chi connectivity index (χ4v) is 0.385. The first-order chi connectivity index (χ1) is 5.00. The van der Waals surface area contributed by atoms with E-state index in [9.17, 15) is 8.42 Å². The molecule has 0 spiro atoms. The second kappa shape index (κ2) is 8.37. The van der Waals surface area contributed by atoms with Gasteiger partial charge in [-0.05, 0) is 0 Å². The summed E-state index contributed by atoms with van der Waals surface area (Å²) < 4.78 is 25.9. The Morgan fingerprint density at radius 2 is 1.00 bits per heavy atom. The summed E-state index contributed by atoms with van der Waals surface area (Å²) in [5.41, 5.74) is 0. The van der Waals surface area contributed by atoms with Crippen LogP contribution in [0.4, 0.5) is 0 Å². The zero-order valence-electron chi connectivity index (χ0n) is 6.14. The Labute approximate surface area is 115 Å². The summed E-state index contributed by atoms with van der Waals surface area (Å²) in [7, 11) is -3.67. The molecule has 1 N–H and O–H groups in total. The maximum absolute atomic E-state index is 9.19. The molecule has 0 aromatic heterocycles. The molecular formula is C7H11KO3S. The van der Waals surface area contributed by atoms with Gasteiger partial charge in [0.05, 0.1) is 6.26 Å². The maximum atomic E-state index is 9.19. The van der Waals surface area contributed by atoms with E-state index in [1.165, 1.54) is 0 Å². The molecule has 12 heavy (non-hydrogen) atoms. The molecule has 0 unspecified atom stereocenters. The smallest absolute Gasteiger partial charge is 0.0623 e. The van der Waals surface area contributed by atoms with Gasteiger partial charge in [0.15, 0.2) is 0 Å².